The second-order valence-electron chi connectivity index (χ2n) is 4.35. The summed E-state index contributed by atoms with van der Waals surface area (Å²) in [4.78, 5) is 12.0. The van der Waals surface area contributed by atoms with E-state index in [0.717, 1.165) is 5.56 Å². The lowest BCUT2D eigenvalue weighted by atomic mass is 10.1. The van der Waals surface area contributed by atoms with Crippen LogP contribution in [0.3, 0.4) is 0 Å². The average Bonchev–Trinajstić information content (AvgIpc) is 2.42. The van der Waals surface area contributed by atoms with Crippen molar-refractivity contribution in [2.45, 2.75) is 13.5 Å². The minimum atomic E-state index is -0.526. The fourth-order valence-corrected chi connectivity index (χ4v) is 2.09. The van der Waals surface area contributed by atoms with Gasteiger partial charge in [-0.3, -0.25) is 0 Å². The van der Waals surface area contributed by atoms with Crippen LogP contribution in [0.2, 0.25) is 0 Å². The molecule has 20 heavy (non-hydrogen) atoms. The van der Waals surface area contributed by atoms with E-state index in [-0.39, 0.29) is 12.4 Å². The van der Waals surface area contributed by atoms with E-state index in [0.29, 0.717) is 21.3 Å². The van der Waals surface area contributed by atoms with Gasteiger partial charge in [-0.25, -0.2) is 9.18 Å². The molecule has 2 N–H and O–H groups in total. The minimum Gasteiger partial charge on any atom is -0.457 e. The number of halogens is 2. The summed E-state index contributed by atoms with van der Waals surface area (Å²) in [5, 5.41) is 0. The molecule has 2 rings (SSSR count). The molecule has 0 aliphatic carbocycles. The van der Waals surface area contributed by atoms with Crippen LogP contribution in [0, 0.1) is 12.7 Å². The van der Waals surface area contributed by atoms with Crippen LogP contribution >= 0.6 is 15.9 Å². The van der Waals surface area contributed by atoms with Crippen molar-refractivity contribution in [3.8, 4) is 0 Å². The van der Waals surface area contributed by atoms with Crippen LogP contribution in [0.25, 0.3) is 0 Å². The Labute approximate surface area is 124 Å². The quantitative estimate of drug-likeness (QED) is 0.683. The summed E-state index contributed by atoms with van der Waals surface area (Å²) in [5.41, 5.74) is 7.92. The molecule has 0 saturated carbocycles. The Hall–Kier alpha value is -1.88. The van der Waals surface area contributed by atoms with Crippen molar-refractivity contribution >= 4 is 27.6 Å². The van der Waals surface area contributed by atoms with Gasteiger partial charge in [0.25, 0.3) is 0 Å². The van der Waals surface area contributed by atoms with E-state index in [1.165, 1.54) is 12.1 Å². The lowest BCUT2D eigenvalue weighted by molar-refractivity contribution is 0.0472. The molecule has 0 spiro atoms. The number of esters is 1. The second kappa shape index (κ2) is 6.05. The van der Waals surface area contributed by atoms with Crippen molar-refractivity contribution in [1.29, 1.82) is 0 Å². The lowest BCUT2D eigenvalue weighted by Crippen LogP contribution is -2.09. The number of carbonyl (C=O) groups is 1. The molecule has 3 nitrogen and oxygen atoms in total. The van der Waals surface area contributed by atoms with Gasteiger partial charge in [0.05, 0.1) is 5.56 Å². The van der Waals surface area contributed by atoms with Crippen LogP contribution in [-0.2, 0) is 11.3 Å². The van der Waals surface area contributed by atoms with Gasteiger partial charge in [-0.05, 0) is 36.8 Å². The maximum absolute atomic E-state index is 13.1. The maximum atomic E-state index is 13.1. The van der Waals surface area contributed by atoms with E-state index in [2.05, 4.69) is 15.9 Å². The Kier molecular flexibility index (Phi) is 4.39. The van der Waals surface area contributed by atoms with E-state index in [4.69, 9.17) is 10.5 Å². The summed E-state index contributed by atoms with van der Waals surface area (Å²) in [6.07, 6.45) is 0. The highest BCUT2D eigenvalue weighted by Crippen LogP contribution is 2.21. The van der Waals surface area contributed by atoms with Gasteiger partial charge in [-0.2, -0.15) is 0 Å². The second-order valence-corrected chi connectivity index (χ2v) is 5.20. The predicted molar refractivity (Wildman–Crippen MR) is 78.8 cm³/mol. The van der Waals surface area contributed by atoms with E-state index in [1.54, 1.807) is 18.2 Å². The monoisotopic (exact) mass is 337 g/mol. The van der Waals surface area contributed by atoms with Crippen molar-refractivity contribution in [3.05, 3.63) is 63.4 Å². The van der Waals surface area contributed by atoms with Crippen molar-refractivity contribution in [2.75, 3.05) is 5.73 Å². The first-order valence-electron chi connectivity index (χ1n) is 5.95. The SMILES string of the molecule is Cc1cccc(C(=O)OCc2cc(F)ccc2Br)c1N. The van der Waals surface area contributed by atoms with Crippen molar-refractivity contribution in [2.24, 2.45) is 0 Å². The molecule has 104 valence electrons. The van der Waals surface area contributed by atoms with Crippen LogP contribution in [0.1, 0.15) is 21.5 Å². The lowest BCUT2D eigenvalue weighted by Gasteiger charge is -2.09. The fraction of sp³-hybridized carbons (Fsp3) is 0.133. The molecule has 2 aromatic rings. The number of ether oxygens (including phenoxy) is 1. The molecule has 0 aliphatic rings. The van der Waals surface area contributed by atoms with Crippen molar-refractivity contribution in [3.63, 3.8) is 0 Å². The number of anilines is 1. The third-order valence-electron chi connectivity index (χ3n) is 2.91. The Bertz CT molecular complexity index is 658. The van der Waals surface area contributed by atoms with Crippen LogP contribution in [0.15, 0.2) is 40.9 Å². The highest BCUT2D eigenvalue weighted by atomic mass is 79.9. The first kappa shape index (κ1) is 14.5. The maximum Gasteiger partial charge on any atom is 0.340 e. The zero-order valence-corrected chi connectivity index (χ0v) is 12.4. The molecule has 0 atom stereocenters. The highest BCUT2D eigenvalue weighted by Gasteiger charge is 2.13. The zero-order chi connectivity index (χ0) is 14.7. The van der Waals surface area contributed by atoms with Gasteiger partial charge in [0, 0.05) is 15.7 Å². The summed E-state index contributed by atoms with van der Waals surface area (Å²) < 4.78 is 19.0. The molecule has 0 bridgehead atoms. The van der Waals surface area contributed by atoms with Crippen molar-refractivity contribution < 1.29 is 13.9 Å². The first-order valence-corrected chi connectivity index (χ1v) is 6.74. The van der Waals surface area contributed by atoms with E-state index in [9.17, 15) is 9.18 Å². The van der Waals surface area contributed by atoms with Crippen LogP contribution in [-0.4, -0.2) is 5.97 Å². The standard InChI is InChI=1S/C15H13BrFNO2/c1-9-3-2-4-12(14(9)18)15(19)20-8-10-7-11(17)5-6-13(10)16/h2-7H,8,18H2,1H3. The Balaban J connectivity index is 2.13. The summed E-state index contributed by atoms with van der Waals surface area (Å²) in [6.45, 7) is 1.79. The molecular formula is C15H13BrFNO2. The number of hydrogen-bond donors (Lipinski definition) is 1. The van der Waals surface area contributed by atoms with E-state index >= 15 is 0 Å². The Morgan fingerprint density at radius 3 is 2.85 bits per heavy atom. The third-order valence-corrected chi connectivity index (χ3v) is 3.68. The summed E-state index contributed by atoms with van der Waals surface area (Å²) >= 11 is 3.28. The van der Waals surface area contributed by atoms with Gasteiger partial charge in [0.1, 0.15) is 12.4 Å². The number of aryl methyl sites for hydroxylation is 1. The molecule has 0 aliphatic heterocycles. The predicted octanol–water partition coefficient (Wildman–Crippen LogP) is 3.84. The summed E-state index contributed by atoms with van der Waals surface area (Å²) in [7, 11) is 0. The molecule has 0 fully saturated rings. The molecule has 0 unspecified atom stereocenters. The molecule has 0 heterocycles. The summed E-state index contributed by atoms with van der Waals surface area (Å²) in [5.74, 6) is -0.906. The Morgan fingerprint density at radius 1 is 1.35 bits per heavy atom. The number of nitrogen functional groups attached to an aromatic ring is 1. The number of benzene rings is 2. The average molecular weight is 338 g/mol. The van der Waals surface area contributed by atoms with Crippen LogP contribution in [0.4, 0.5) is 10.1 Å². The minimum absolute atomic E-state index is 0.0233. The van der Waals surface area contributed by atoms with Crippen LogP contribution in [0.5, 0.6) is 0 Å². The van der Waals surface area contributed by atoms with Gasteiger partial charge in [0.2, 0.25) is 0 Å². The first-order chi connectivity index (χ1) is 9.49. The smallest absolute Gasteiger partial charge is 0.340 e. The zero-order valence-electron chi connectivity index (χ0n) is 10.8. The van der Waals surface area contributed by atoms with Crippen LogP contribution < -0.4 is 5.73 Å². The van der Waals surface area contributed by atoms with Gasteiger partial charge < -0.3 is 10.5 Å². The van der Waals surface area contributed by atoms with E-state index in [1.807, 2.05) is 13.0 Å². The molecule has 0 aromatic heterocycles. The molecule has 2 aromatic carbocycles. The van der Waals surface area contributed by atoms with Crippen molar-refractivity contribution in [1.82, 2.24) is 0 Å². The van der Waals surface area contributed by atoms with Gasteiger partial charge in [0.15, 0.2) is 0 Å². The number of hydrogen-bond acceptors (Lipinski definition) is 3. The van der Waals surface area contributed by atoms with E-state index < -0.39 is 5.97 Å². The molecule has 5 heteroatoms. The molecule has 0 amide bonds. The fourth-order valence-electron chi connectivity index (χ4n) is 1.73. The third kappa shape index (κ3) is 3.17. The molecule has 0 radical (unpaired) electrons. The van der Waals surface area contributed by atoms with Gasteiger partial charge in [-0.1, -0.05) is 28.1 Å². The number of para-hydroxylation sites is 1. The summed E-state index contributed by atoms with van der Waals surface area (Å²) in [6, 6.07) is 9.37. The normalized spacial score (nSPS) is 10.3. The van der Waals surface area contributed by atoms with Gasteiger partial charge in [-0.15, -0.1) is 0 Å². The molecule has 0 saturated heterocycles. The topological polar surface area (TPSA) is 52.3 Å². The number of rotatable bonds is 3. The molecular weight excluding hydrogens is 325 g/mol. The largest absolute Gasteiger partial charge is 0.457 e. The highest BCUT2D eigenvalue weighted by molar-refractivity contribution is 9.10. The Morgan fingerprint density at radius 2 is 2.10 bits per heavy atom. The number of carbonyl (C=O) groups excluding carboxylic acids is 1. The number of nitrogens with two attached hydrogens (primary N) is 1. The van der Waals surface area contributed by atoms with Gasteiger partial charge >= 0.3 is 5.97 Å².